The van der Waals surface area contributed by atoms with Gasteiger partial charge in [0.25, 0.3) is 6.71 Å². The molecule has 3 heterocycles. The van der Waals surface area contributed by atoms with E-state index in [4.69, 9.17) is 9.47 Å². The average molecular weight is 778 g/mol. The molecule has 8 aromatic rings. The molecule has 6 heteroatoms. The first kappa shape index (κ1) is 35.9. The van der Waals surface area contributed by atoms with Gasteiger partial charge in [0.15, 0.2) is 0 Å². The van der Waals surface area contributed by atoms with Gasteiger partial charge in [-0.1, -0.05) is 88.5 Å². The van der Waals surface area contributed by atoms with E-state index >= 15 is 0 Å². The molecule has 0 unspecified atom stereocenters. The molecule has 5 nitrogen and oxygen atoms in total. The minimum Gasteiger partial charge on any atom is -0.456 e. The van der Waals surface area contributed by atoms with Gasteiger partial charge < -0.3 is 24.2 Å². The summed E-state index contributed by atoms with van der Waals surface area (Å²) >= 11 is 0. The molecule has 60 heavy (non-hydrogen) atoms. The molecule has 0 radical (unpaired) electrons. The van der Waals surface area contributed by atoms with E-state index in [0.717, 1.165) is 96.1 Å². The molecule has 8 aromatic carbocycles. The summed E-state index contributed by atoms with van der Waals surface area (Å²) < 4.78 is 14.6. The summed E-state index contributed by atoms with van der Waals surface area (Å²) in [6.45, 7) is 12.6. The minimum atomic E-state index is -0.162. The zero-order valence-electron chi connectivity index (χ0n) is 34.7. The third-order valence-electron chi connectivity index (χ3n) is 12.3. The van der Waals surface area contributed by atoms with Crippen LogP contribution in [0.2, 0.25) is 0 Å². The Morgan fingerprint density at radius 2 is 0.700 bits per heavy atom. The van der Waals surface area contributed by atoms with Crippen LogP contribution < -0.4 is 40.6 Å². The van der Waals surface area contributed by atoms with E-state index in [2.05, 4.69) is 214 Å². The van der Waals surface area contributed by atoms with Gasteiger partial charge in [0.1, 0.15) is 23.0 Å². The second-order valence-corrected chi connectivity index (χ2v) is 16.7. The summed E-state index contributed by atoms with van der Waals surface area (Å²) in [5.41, 5.74) is 19.9. The fraction of sp³-hybridized carbons (Fsp3) is 0.111. The highest BCUT2D eigenvalue weighted by molar-refractivity contribution is 7.01. The normalized spacial score (nSPS) is 12.7. The number of hydrogen-bond donors (Lipinski definition) is 0. The van der Waals surface area contributed by atoms with Crippen LogP contribution in [-0.2, 0) is 0 Å². The fourth-order valence-corrected chi connectivity index (χ4v) is 9.24. The molecule has 0 atom stereocenters. The van der Waals surface area contributed by atoms with Crippen LogP contribution in [0.4, 0.5) is 51.2 Å². The number of ether oxygens (including phenoxy) is 2. The summed E-state index contributed by atoms with van der Waals surface area (Å²) in [4.78, 5) is 7.09. The van der Waals surface area contributed by atoms with E-state index in [0.29, 0.717) is 0 Å². The van der Waals surface area contributed by atoms with Crippen LogP contribution in [0.15, 0.2) is 158 Å². The van der Waals surface area contributed by atoms with E-state index in [1.54, 1.807) is 0 Å². The van der Waals surface area contributed by atoms with Crippen molar-refractivity contribution in [3.63, 3.8) is 0 Å². The van der Waals surface area contributed by atoms with Gasteiger partial charge in [-0.2, -0.15) is 0 Å². The molecular weight excluding hydrogens is 733 g/mol. The molecule has 11 rings (SSSR count). The molecule has 0 spiro atoms. The van der Waals surface area contributed by atoms with Crippen LogP contribution >= 0.6 is 0 Å². The predicted octanol–water partition coefficient (Wildman–Crippen LogP) is 13.0. The molecule has 0 N–H and O–H groups in total. The standard InChI is InChI=1S/C54H44BN3O2/c1-33-7-17-39(18-8-33)56(40-19-9-34(2)10-20-40)46-29-27-44-50-53(46)59-48-31-38(6)32-49-52(48)55(50)51-45(58(44)43-25-15-37(5)16-26-43)28-30-47(54(51)60-49)57(41-21-11-35(3)12-22-41)42-23-13-36(4)14-24-42/h7-32H,1-6H3. The number of hydrogen-bond acceptors (Lipinski definition) is 5. The molecule has 3 aliphatic heterocycles. The maximum Gasteiger partial charge on any atom is 0.266 e. The third kappa shape index (κ3) is 5.70. The molecule has 0 amide bonds. The van der Waals surface area contributed by atoms with Crippen molar-refractivity contribution in [3.05, 3.63) is 191 Å². The lowest BCUT2D eigenvalue weighted by Gasteiger charge is -2.45. The Morgan fingerprint density at radius 3 is 1.05 bits per heavy atom. The Kier molecular flexibility index (Phi) is 8.21. The molecule has 0 aromatic heterocycles. The number of aryl methyl sites for hydroxylation is 6. The number of nitrogens with zero attached hydrogens (tertiary/aromatic N) is 3. The van der Waals surface area contributed by atoms with Gasteiger partial charge in [0, 0.05) is 45.3 Å². The van der Waals surface area contributed by atoms with Crippen LogP contribution in [-0.4, -0.2) is 6.71 Å². The van der Waals surface area contributed by atoms with Crippen LogP contribution in [0.1, 0.15) is 33.4 Å². The van der Waals surface area contributed by atoms with Gasteiger partial charge in [-0.3, -0.25) is 0 Å². The van der Waals surface area contributed by atoms with E-state index in [9.17, 15) is 0 Å². The average Bonchev–Trinajstić information content (AvgIpc) is 3.25. The third-order valence-corrected chi connectivity index (χ3v) is 12.3. The number of benzene rings is 8. The number of anilines is 9. The van der Waals surface area contributed by atoms with E-state index in [1.165, 1.54) is 27.8 Å². The van der Waals surface area contributed by atoms with Crippen molar-refractivity contribution in [1.82, 2.24) is 0 Å². The zero-order valence-corrected chi connectivity index (χ0v) is 34.7. The van der Waals surface area contributed by atoms with Gasteiger partial charge >= 0.3 is 0 Å². The van der Waals surface area contributed by atoms with Crippen LogP contribution in [0.3, 0.4) is 0 Å². The Morgan fingerprint density at radius 1 is 0.367 bits per heavy atom. The molecule has 290 valence electrons. The summed E-state index contributed by atoms with van der Waals surface area (Å²) in [7, 11) is 0. The topological polar surface area (TPSA) is 28.2 Å². The van der Waals surface area contributed by atoms with E-state index in [-0.39, 0.29) is 6.71 Å². The van der Waals surface area contributed by atoms with Crippen molar-refractivity contribution in [2.24, 2.45) is 0 Å². The molecule has 0 saturated carbocycles. The van der Waals surface area contributed by atoms with Gasteiger partial charge in [-0.05, 0) is 155 Å². The summed E-state index contributed by atoms with van der Waals surface area (Å²) in [5.74, 6) is 3.34. The monoisotopic (exact) mass is 777 g/mol. The summed E-state index contributed by atoms with van der Waals surface area (Å²) in [6.07, 6.45) is 0. The lowest BCUT2D eigenvalue weighted by Crippen LogP contribution is -2.62. The van der Waals surface area contributed by atoms with Crippen LogP contribution in [0, 0.1) is 41.5 Å². The van der Waals surface area contributed by atoms with Gasteiger partial charge in [0.05, 0.1) is 11.4 Å². The van der Waals surface area contributed by atoms with Crippen molar-refractivity contribution < 1.29 is 9.47 Å². The molecule has 0 fully saturated rings. The minimum absolute atomic E-state index is 0.162. The zero-order chi connectivity index (χ0) is 40.8. The summed E-state index contributed by atoms with van der Waals surface area (Å²) in [6, 6.07) is 57.4. The highest BCUT2D eigenvalue weighted by atomic mass is 16.5. The SMILES string of the molecule is Cc1ccc(N(c2ccc(C)cc2)c2ccc3c4c2Oc2cc(C)cc5c2B4c2c(ccc(N(c4ccc(C)cc4)c4ccc(C)cc4)c2O5)N3c2ccc(C)cc2)cc1. The molecule has 0 bridgehead atoms. The first-order valence-corrected chi connectivity index (χ1v) is 20.8. The maximum absolute atomic E-state index is 7.32. The quantitative estimate of drug-likeness (QED) is 0.150. The second-order valence-electron chi connectivity index (χ2n) is 16.7. The highest BCUT2D eigenvalue weighted by Gasteiger charge is 2.49. The summed E-state index contributed by atoms with van der Waals surface area (Å²) in [5, 5.41) is 0. The molecule has 0 saturated heterocycles. The Balaban J connectivity index is 1.22. The molecule has 0 aliphatic carbocycles. The fourth-order valence-electron chi connectivity index (χ4n) is 9.24. The maximum atomic E-state index is 7.32. The van der Waals surface area contributed by atoms with Gasteiger partial charge in [-0.15, -0.1) is 0 Å². The van der Waals surface area contributed by atoms with Crippen molar-refractivity contribution in [1.29, 1.82) is 0 Å². The Bertz CT molecular complexity index is 2710. The van der Waals surface area contributed by atoms with Crippen LogP contribution in [0.5, 0.6) is 23.0 Å². The van der Waals surface area contributed by atoms with Gasteiger partial charge in [0.2, 0.25) is 0 Å². The van der Waals surface area contributed by atoms with Gasteiger partial charge in [-0.25, -0.2) is 0 Å². The smallest absolute Gasteiger partial charge is 0.266 e. The van der Waals surface area contributed by atoms with Crippen LogP contribution in [0.25, 0.3) is 0 Å². The van der Waals surface area contributed by atoms with E-state index < -0.39 is 0 Å². The van der Waals surface area contributed by atoms with E-state index in [1.807, 2.05) is 0 Å². The first-order valence-electron chi connectivity index (χ1n) is 20.8. The predicted molar refractivity (Wildman–Crippen MR) is 250 cm³/mol. The van der Waals surface area contributed by atoms with Crippen molar-refractivity contribution in [2.45, 2.75) is 41.5 Å². The largest absolute Gasteiger partial charge is 0.456 e. The number of rotatable bonds is 7. The van der Waals surface area contributed by atoms with Crippen molar-refractivity contribution in [3.8, 4) is 23.0 Å². The second kappa shape index (κ2) is 13.7. The molecular formula is C54H44BN3O2. The molecule has 3 aliphatic rings. The Labute approximate surface area is 352 Å². The van der Waals surface area contributed by atoms with Crippen molar-refractivity contribution >= 4 is 74.3 Å². The highest BCUT2D eigenvalue weighted by Crippen LogP contribution is 2.53. The van der Waals surface area contributed by atoms with Crippen molar-refractivity contribution in [2.75, 3.05) is 14.7 Å². The lowest BCUT2D eigenvalue weighted by atomic mass is 9.33. The Hall–Kier alpha value is -7.18. The first-order chi connectivity index (χ1) is 29.2. The lowest BCUT2D eigenvalue weighted by molar-refractivity contribution is 0.464.